The lowest BCUT2D eigenvalue weighted by Gasteiger charge is -2.11. The molecule has 0 amide bonds. The summed E-state index contributed by atoms with van der Waals surface area (Å²) in [6.07, 6.45) is 0. The van der Waals surface area contributed by atoms with Gasteiger partial charge in [0.1, 0.15) is 11.2 Å². The Morgan fingerprint density at radius 1 is 0.227 bits per heavy atom. The van der Waals surface area contributed by atoms with Crippen molar-refractivity contribution in [3.63, 3.8) is 0 Å². The average Bonchev–Trinajstić information content (AvgIpc) is 4.15. The van der Waals surface area contributed by atoms with Crippen molar-refractivity contribution in [1.29, 1.82) is 0 Å². The zero-order valence-corrected chi connectivity index (χ0v) is 40.5. The first-order valence-electron chi connectivity index (χ1n) is 25.3. The van der Waals surface area contributed by atoms with Gasteiger partial charge in [-0.05, 0) is 130 Å². The summed E-state index contributed by atoms with van der Waals surface area (Å²) in [7, 11) is 0. The molecule has 0 unspecified atom stereocenters. The van der Waals surface area contributed by atoms with Gasteiger partial charge in [-0.25, -0.2) is 15.0 Å². The minimum atomic E-state index is 0.601. The molecule has 0 saturated heterocycles. The third-order valence-electron chi connectivity index (χ3n) is 14.8. The summed E-state index contributed by atoms with van der Waals surface area (Å²) >= 11 is 0. The van der Waals surface area contributed by atoms with Gasteiger partial charge in [-0.3, -0.25) is 0 Å². The molecule has 15 rings (SSSR count). The minimum Gasteiger partial charge on any atom is -0.456 e. The normalized spacial score (nSPS) is 11.7. The second-order valence-electron chi connectivity index (χ2n) is 19.2. The maximum atomic E-state index is 6.51. The van der Waals surface area contributed by atoms with E-state index in [1.807, 2.05) is 72.8 Å². The molecule has 0 radical (unpaired) electrons. The number of benzene rings is 11. The maximum absolute atomic E-state index is 6.51. The zero-order chi connectivity index (χ0) is 49.4. The number of para-hydroxylation sites is 2. The Bertz CT molecular complexity index is 4630. The highest BCUT2D eigenvalue weighted by Crippen LogP contribution is 2.42. The Hall–Kier alpha value is -10.2. The third-order valence-corrected chi connectivity index (χ3v) is 14.8. The van der Waals surface area contributed by atoms with Crippen LogP contribution in [0, 0.1) is 0 Å². The lowest BCUT2D eigenvalue weighted by atomic mass is 9.98. The molecule has 6 nitrogen and oxygen atoms in total. The lowest BCUT2D eigenvalue weighted by Crippen LogP contribution is -2.00. The second kappa shape index (κ2) is 17.3. The topological polar surface area (TPSA) is 61.7 Å². The molecule has 0 aliphatic heterocycles. The van der Waals surface area contributed by atoms with Crippen LogP contribution in [0.4, 0.5) is 0 Å². The molecule has 0 N–H and O–H groups in total. The molecule has 0 saturated carbocycles. The van der Waals surface area contributed by atoms with Crippen molar-refractivity contribution in [1.82, 2.24) is 24.1 Å². The first-order valence-corrected chi connectivity index (χ1v) is 25.3. The number of aromatic nitrogens is 5. The van der Waals surface area contributed by atoms with E-state index in [2.05, 4.69) is 197 Å². The van der Waals surface area contributed by atoms with E-state index in [1.165, 1.54) is 49.3 Å². The molecule has 4 aromatic heterocycles. The van der Waals surface area contributed by atoms with E-state index in [-0.39, 0.29) is 0 Å². The lowest BCUT2D eigenvalue weighted by molar-refractivity contribution is 0.669. The van der Waals surface area contributed by atoms with Gasteiger partial charge >= 0.3 is 0 Å². The van der Waals surface area contributed by atoms with Crippen molar-refractivity contribution >= 4 is 65.6 Å². The molecule has 11 aromatic carbocycles. The van der Waals surface area contributed by atoms with Gasteiger partial charge < -0.3 is 13.6 Å². The third kappa shape index (κ3) is 7.22. The van der Waals surface area contributed by atoms with Gasteiger partial charge in [-0.15, -0.1) is 0 Å². The van der Waals surface area contributed by atoms with Gasteiger partial charge in [-0.2, -0.15) is 0 Å². The van der Waals surface area contributed by atoms with Crippen LogP contribution < -0.4 is 0 Å². The van der Waals surface area contributed by atoms with Crippen LogP contribution in [0.15, 0.2) is 265 Å². The Balaban J connectivity index is 0.883. The SMILES string of the molecule is c1ccc(-c2cccc(-n3c4ccc(-c5ccc6oc7ccc(-c8nc(-c9ccccc9)nc(-c9ccccc9)n8)cc7c6c5)cc4c4cc(-c5ccc6c(c5)c5ccccc5n6-c5ccccc5)ccc43)c2)cc1. The molecular formula is C69H43N5O. The fourth-order valence-electron chi connectivity index (χ4n) is 11.2. The van der Waals surface area contributed by atoms with Crippen LogP contribution >= 0.6 is 0 Å². The van der Waals surface area contributed by atoms with Crippen molar-refractivity contribution in [2.24, 2.45) is 0 Å². The van der Waals surface area contributed by atoms with Crippen LogP contribution in [0.25, 0.3) is 144 Å². The summed E-state index contributed by atoms with van der Waals surface area (Å²) in [5.74, 6) is 1.85. The molecule has 6 heteroatoms. The molecule has 0 bridgehead atoms. The van der Waals surface area contributed by atoms with Gasteiger partial charge in [0.15, 0.2) is 17.5 Å². The van der Waals surface area contributed by atoms with Crippen LogP contribution in [-0.4, -0.2) is 24.1 Å². The predicted octanol–water partition coefficient (Wildman–Crippen LogP) is 18.0. The van der Waals surface area contributed by atoms with Crippen molar-refractivity contribution < 1.29 is 4.42 Å². The standard InChI is InChI=1S/C69H43N5O/c1-5-16-44(17-6-1)47-22-15-25-54(38-47)74-63-34-29-49(48-28-33-62-56(39-48)55-26-13-14-27-61(55)73(62)53-23-11-4-12-24-53)40-57(63)58-41-50(30-35-64(58)74)51-31-36-65-59(42-51)60-43-52(32-37-66(60)75-65)69-71-67(45-18-7-2-8-19-45)70-68(72-69)46-20-9-3-10-21-46/h1-43H. The molecule has 0 atom stereocenters. The predicted molar refractivity (Wildman–Crippen MR) is 308 cm³/mol. The summed E-state index contributed by atoms with van der Waals surface area (Å²) in [6, 6.07) is 92.6. The number of fused-ring (bicyclic) bond motifs is 9. The molecule has 15 aromatic rings. The molecule has 4 heterocycles. The van der Waals surface area contributed by atoms with E-state index in [0.29, 0.717) is 17.5 Å². The van der Waals surface area contributed by atoms with Crippen LogP contribution in [0.2, 0.25) is 0 Å². The van der Waals surface area contributed by atoms with Crippen LogP contribution in [0.1, 0.15) is 0 Å². The summed E-state index contributed by atoms with van der Waals surface area (Å²) in [6.45, 7) is 0. The molecule has 75 heavy (non-hydrogen) atoms. The number of hydrogen-bond donors (Lipinski definition) is 0. The van der Waals surface area contributed by atoms with E-state index in [1.54, 1.807) is 0 Å². The second-order valence-corrected chi connectivity index (χ2v) is 19.2. The number of nitrogens with zero attached hydrogens (tertiary/aromatic N) is 5. The highest BCUT2D eigenvalue weighted by molar-refractivity contribution is 6.14. The summed E-state index contributed by atoms with van der Waals surface area (Å²) in [4.78, 5) is 15.0. The molecule has 350 valence electrons. The van der Waals surface area contributed by atoms with E-state index in [4.69, 9.17) is 19.4 Å². The average molecular weight is 958 g/mol. The zero-order valence-electron chi connectivity index (χ0n) is 40.5. The van der Waals surface area contributed by atoms with Crippen LogP contribution in [-0.2, 0) is 0 Å². The first kappa shape index (κ1) is 42.5. The Labute approximate surface area is 431 Å². The van der Waals surface area contributed by atoms with Crippen molar-refractivity contribution in [3.8, 4) is 78.9 Å². The van der Waals surface area contributed by atoms with Gasteiger partial charge in [0, 0.05) is 60.4 Å². The smallest absolute Gasteiger partial charge is 0.164 e. The molecule has 0 aliphatic rings. The maximum Gasteiger partial charge on any atom is 0.164 e. The molecular weight excluding hydrogens is 915 g/mol. The van der Waals surface area contributed by atoms with Crippen molar-refractivity contribution in [2.45, 2.75) is 0 Å². The van der Waals surface area contributed by atoms with E-state index in [9.17, 15) is 0 Å². The highest BCUT2D eigenvalue weighted by Gasteiger charge is 2.20. The summed E-state index contributed by atoms with van der Waals surface area (Å²) in [5.41, 5.74) is 18.2. The Morgan fingerprint density at radius 2 is 0.587 bits per heavy atom. The van der Waals surface area contributed by atoms with E-state index in [0.717, 1.165) is 77.7 Å². The quantitative estimate of drug-likeness (QED) is 0.152. The summed E-state index contributed by atoms with van der Waals surface area (Å²) < 4.78 is 11.3. The number of furan rings is 1. The van der Waals surface area contributed by atoms with Gasteiger partial charge in [-0.1, -0.05) is 164 Å². The van der Waals surface area contributed by atoms with Crippen molar-refractivity contribution in [3.05, 3.63) is 261 Å². The monoisotopic (exact) mass is 957 g/mol. The van der Waals surface area contributed by atoms with Crippen LogP contribution in [0.3, 0.4) is 0 Å². The van der Waals surface area contributed by atoms with Crippen molar-refractivity contribution in [2.75, 3.05) is 0 Å². The van der Waals surface area contributed by atoms with E-state index >= 15 is 0 Å². The molecule has 0 spiro atoms. The van der Waals surface area contributed by atoms with Crippen LogP contribution in [0.5, 0.6) is 0 Å². The fraction of sp³-hybridized carbons (Fsp3) is 0. The van der Waals surface area contributed by atoms with Gasteiger partial charge in [0.05, 0.1) is 22.1 Å². The number of rotatable bonds is 8. The fourth-order valence-corrected chi connectivity index (χ4v) is 11.2. The Morgan fingerprint density at radius 3 is 1.15 bits per heavy atom. The minimum absolute atomic E-state index is 0.601. The highest BCUT2D eigenvalue weighted by atomic mass is 16.3. The largest absolute Gasteiger partial charge is 0.456 e. The van der Waals surface area contributed by atoms with Gasteiger partial charge in [0.2, 0.25) is 0 Å². The van der Waals surface area contributed by atoms with E-state index < -0.39 is 0 Å². The molecule has 0 fully saturated rings. The van der Waals surface area contributed by atoms with Gasteiger partial charge in [0.25, 0.3) is 0 Å². The summed E-state index contributed by atoms with van der Waals surface area (Å²) in [5, 5.41) is 6.84. The first-order chi connectivity index (χ1) is 37.1. The Kier molecular flexibility index (Phi) is 9.78. The molecule has 0 aliphatic carbocycles. The number of hydrogen-bond acceptors (Lipinski definition) is 4.